The Balaban J connectivity index is 1.29. The van der Waals surface area contributed by atoms with Crippen LogP contribution in [0.15, 0.2) is 176 Å². The zero-order chi connectivity index (χ0) is 30.7. The lowest BCUT2D eigenvalue weighted by atomic mass is 9.90. The molecule has 0 radical (unpaired) electrons. The van der Waals surface area contributed by atoms with Gasteiger partial charge in [-0.2, -0.15) is 0 Å². The van der Waals surface area contributed by atoms with Gasteiger partial charge in [-0.15, -0.1) is 0 Å². The molecule has 8 rings (SSSR count). The van der Waals surface area contributed by atoms with E-state index >= 15 is 0 Å². The average molecular weight is 588 g/mol. The van der Waals surface area contributed by atoms with Crippen LogP contribution in [-0.2, 0) is 0 Å². The van der Waals surface area contributed by atoms with E-state index in [0.29, 0.717) is 17.5 Å². The topological polar surface area (TPSA) is 38.7 Å². The SMILES string of the molecule is c1ccc(-c2nc(-c3ccc(-c4ccc5ccccc5c4)cc3)nc(-c3cccc(-c4ccccc4)c3-c3ccccc3)n2)cc1. The fraction of sp³-hybridized carbons (Fsp3) is 0. The molecule has 0 saturated heterocycles. The Kier molecular flexibility index (Phi) is 7.18. The third-order valence-electron chi connectivity index (χ3n) is 8.35. The van der Waals surface area contributed by atoms with Gasteiger partial charge in [0.2, 0.25) is 0 Å². The predicted octanol–water partition coefficient (Wildman–Crippen LogP) is 11.0. The van der Waals surface area contributed by atoms with Crippen LogP contribution in [0.4, 0.5) is 0 Å². The van der Waals surface area contributed by atoms with Gasteiger partial charge in [-0.3, -0.25) is 0 Å². The summed E-state index contributed by atoms with van der Waals surface area (Å²) in [6.07, 6.45) is 0. The molecule has 0 spiro atoms. The number of fused-ring (bicyclic) bond motifs is 1. The van der Waals surface area contributed by atoms with E-state index in [1.165, 1.54) is 16.3 Å². The van der Waals surface area contributed by atoms with Crippen LogP contribution < -0.4 is 0 Å². The molecule has 0 atom stereocenters. The largest absolute Gasteiger partial charge is 0.208 e. The molecule has 0 N–H and O–H groups in total. The second-order valence-electron chi connectivity index (χ2n) is 11.3. The van der Waals surface area contributed by atoms with Gasteiger partial charge < -0.3 is 0 Å². The van der Waals surface area contributed by atoms with Gasteiger partial charge in [0.15, 0.2) is 17.5 Å². The summed E-state index contributed by atoms with van der Waals surface area (Å²) in [4.78, 5) is 15.2. The van der Waals surface area contributed by atoms with Crippen molar-refractivity contribution in [3.05, 3.63) is 176 Å². The summed E-state index contributed by atoms with van der Waals surface area (Å²) >= 11 is 0. The molecule has 1 aromatic heterocycles. The summed E-state index contributed by atoms with van der Waals surface area (Å²) in [7, 11) is 0. The van der Waals surface area contributed by atoms with Crippen LogP contribution in [0.5, 0.6) is 0 Å². The molecule has 0 unspecified atom stereocenters. The van der Waals surface area contributed by atoms with E-state index < -0.39 is 0 Å². The smallest absolute Gasteiger partial charge is 0.164 e. The highest BCUT2D eigenvalue weighted by Crippen LogP contribution is 2.40. The number of hydrogen-bond acceptors (Lipinski definition) is 3. The van der Waals surface area contributed by atoms with E-state index in [1.807, 2.05) is 42.5 Å². The zero-order valence-electron chi connectivity index (χ0n) is 25.1. The fourth-order valence-corrected chi connectivity index (χ4v) is 6.04. The molecule has 0 aliphatic heterocycles. The van der Waals surface area contributed by atoms with Crippen molar-refractivity contribution in [2.75, 3.05) is 0 Å². The standard InChI is InChI=1S/C43H29N3/c1-4-14-32(15-5-1)38-21-12-22-39(40(38)33-16-6-2-7-17-33)43-45-41(34-18-8-3-9-19-34)44-42(46-43)35-26-23-31(24-27-35)37-28-25-30-13-10-11-20-36(30)29-37/h1-29H. The van der Waals surface area contributed by atoms with Crippen molar-refractivity contribution < 1.29 is 0 Å². The molecule has 0 saturated carbocycles. The van der Waals surface area contributed by atoms with Gasteiger partial charge in [0.1, 0.15) is 0 Å². The van der Waals surface area contributed by atoms with Crippen molar-refractivity contribution in [3.63, 3.8) is 0 Å². The Hall–Kier alpha value is -6.19. The quantitative estimate of drug-likeness (QED) is 0.194. The maximum absolute atomic E-state index is 5.14. The minimum Gasteiger partial charge on any atom is -0.208 e. The number of benzene rings is 7. The molecule has 3 heteroatoms. The van der Waals surface area contributed by atoms with Crippen molar-refractivity contribution in [3.8, 4) is 67.5 Å². The summed E-state index contributed by atoms with van der Waals surface area (Å²) in [6, 6.07) is 61.1. The van der Waals surface area contributed by atoms with Gasteiger partial charge in [0, 0.05) is 22.3 Å². The minimum atomic E-state index is 0.637. The molecule has 0 fully saturated rings. The molecule has 46 heavy (non-hydrogen) atoms. The maximum Gasteiger partial charge on any atom is 0.164 e. The van der Waals surface area contributed by atoms with Gasteiger partial charge in [0.05, 0.1) is 0 Å². The molecule has 0 aliphatic carbocycles. The lowest BCUT2D eigenvalue weighted by Crippen LogP contribution is -2.01. The number of hydrogen-bond donors (Lipinski definition) is 0. The molecule has 1 heterocycles. The van der Waals surface area contributed by atoms with Crippen molar-refractivity contribution in [2.45, 2.75) is 0 Å². The van der Waals surface area contributed by atoms with Crippen molar-refractivity contribution in [2.24, 2.45) is 0 Å². The van der Waals surface area contributed by atoms with Gasteiger partial charge in [-0.25, -0.2) is 15.0 Å². The maximum atomic E-state index is 5.14. The Labute approximate surface area is 268 Å². The van der Waals surface area contributed by atoms with Crippen LogP contribution in [0.25, 0.3) is 78.3 Å². The second-order valence-corrected chi connectivity index (χ2v) is 11.3. The first-order chi connectivity index (χ1) is 22.8. The number of nitrogens with zero attached hydrogens (tertiary/aromatic N) is 3. The highest BCUT2D eigenvalue weighted by molar-refractivity contribution is 5.93. The third-order valence-corrected chi connectivity index (χ3v) is 8.35. The molecular weight excluding hydrogens is 558 g/mol. The minimum absolute atomic E-state index is 0.637. The van der Waals surface area contributed by atoms with Crippen LogP contribution in [0.2, 0.25) is 0 Å². The average Bonchev–Trinajstić information content (AvgIpc) is 3.15. The summed E-state index contributed by atoms with van der Waals surface area (Å²) < 4.78 is 0. The van der Waals surface area contributed by atoms with E-state index in [2.05, 4.69) is 133 Å². The van der Waals surface area contributed by atoms with Crippen LogP contribution in [-0.4, -0.2) is 15.0 Å². The normalized spacial score (nSPS) is 11.0. The first-order valence-electron chi connectivity index (χ1n) is 15.5. The fourth-order valence-electron chi connectivity index (χ4n) is 6.04. The van der Waals surface area contributed by atoms with Crippen molar-refractivity contribution in [1.82, 2.24) is 15.0 Å². The molecule has 216 valence electrons. The van der Waals surface area contributed by atoms with Gasteiger partial charge >= 0.3 is 0 Å². The van der Waals surface area contributed by atoms with E-state index in [0.717, 1.165) is 44.5 Å². The van der Waals surface area contributed by atoms with Crippen molar-refractivity contribution >= 4 is 10.8 Å². The Bertz CT molecular complexity index is 2280. The monoisotopic (exact) mass is 587 g/mol. The van der Waals surface area contributed by atoms with Gasteiger partial charge in [-0.05, 0) is 44.7 Å². The second kappa shape index (κ2) is 12.1. The first-order valence-corrected chi connectivity index (χ1v) is 15.5. The third kappa shape index (κ3) is 5.36. The molecule has 0 bridgehead atoms. The van der Waals surface area contributed by atoms with Gasteiger partial charge in [-0.1, -0.05) is 170 Å². The van der Waals surface area contributed by atoms with E-state index in [9.17, 15) is 0 Å². The Morgan fingerprint density at radius 2 is 0.739 bits per heavy atom. The first kappa shape index (κ1) is 27.4. The van der Waals surface area contributed by atoms with E-state index in [1.54, 1.807) is 0 Å². The summed E-state index contributed by atoms with van der Waals surface area (Å²) in [6.45, 7) is 0. The Morgan fingerprint density at radius 1 is 0.261 bits per heavy atom. The summed E-state index contributed by atoms with van der Waals surface area (Å²) in [5.74, 6) is 1.92. The molecule has 0 amide bonds. The lowest BCUT2D eigenvalue weighted by molar-refractivity contribution is 1.07. The van der Waals surface area contributed by atoms with Crippen molar-refractivity contribution in [1.29, 1.82) is 0 Å². The molecule has 3 nitrogen and oxygen atoms in total. The van der Waals surface area contributed by atoms with E-state index in [-0.39, 0.29) is 0 Å². The highest BCUT2D eigenvalue weighted by atomic mass is 15.0. The van der Waals surface area contributed by atoms with Crippen LogP contribution in [0, 0.1) is 0 Å². The highest BCUT2D eigenvalue weighted by Gasteiger charge is 2.19. The lowest BCUT2D eigenvalue weighted by Gasteiger charge is -2.16. The van der Waals surface area contributed by atoms with Crippen LogP contribution in [0.1, 0.15) is 0 Å². The molecule has 7 aromatic carbocycles. The number of rotatable bonds is 6. The zero-order valence-corrected chi connectivity index (χ0v) is 25.1. The van der Waals surface area contributed by atoms with Gasteiger partial charge in [0.25, 0.3) is 0 Å². The van der Waals surface area contributed by atoms with Crippen LogP contribution in [0.3, 0.4) is 0 Å². The van der Waals surface area contributed by atoms with E-state index in [4.69, 9.17) is 15.0 Å². The molecular formula is C43H29N3. The number of aromatic nitrogens is 3. The summed E-state index contributed by atoms with van der Waals surface area (Å²) in [5, 5.41) is 2.46. The predicted molar refractivity (Wildman–Crippen MR) is 190 cm³/mol. The van der Waals surface area contributed by atoms with Crippen LogP contribution >= 0.6 is 0 Å². The summed E-state index contributed by atoms with van der Waals surface area (Å²) in [5.41, 5.74) is 9.65. The molecule has 8 aromatic rings. The molecule has 0 aliphatic rings. The Morgan fingerprint density at radius 3 is 1.41 bits per heavy atom.